The van der Waals surface area contributed by atoms with E-state index < -0.39 is 0 Å². The Morgan fingerprint density at radius 2 is 2.22 bits per heavy atom. The Morgan fingerprint density at radius 1 is 1.28 bits per heavy atom. The van der Waals surface area contributed by atoms with Gasteiger partial charge in [0, 0.05) is 18.9 Å². The van der Waals surface area contributed by atoms with Crippen molar-refractivity contribution in [1.29, 1.82) is 0 Å². The van der Waals surface area contributed by atoms with Gasteiger partial charge in [-0.1, -0.05) is 12.1 Å². The molecule has 0 aliphatic carbocycles. The minimum atomic E-state index is 0.715. The minimum Gasteiger partial charge on any atom is -0.352 e. The largest absolute Gasteiger partial charge is 0.352 e. The Balaban J connectivity index is 1.79. The summed E-state index contributed by atoms with van der Waals surface area (Å²) in [5.74, 6) is 0.791. The molecule has 90 valence electrons. The van der Waals surface area contributed by atoms with Gasteiger partial charge in [-0.2, -0.15) is 0 Å². The van der Waals surface area contributed by atoms with E-state index in [1.165, 1.54) is 5.56 Å². The van der Waals surface area contributed by atoms with E-state index in [2.05, 4.69) is 39.3 Å². The molecule has 2 heterocycles. The van der Waals surface area contributed by atoms with E-state index in [9.17, 15) is 0 Å². The molecule has 1 aromatic carbocycles. The molecule has 0 amide bonds. The lowest BCUT2D eigenvalue weighted by Gasteiger charge is -2.01. The highest BCUT2D eigenvalue weighted by Gasteiger charge is 2.02. The van der Waals surface area contributed by atoms with Crippen molar-refractivity contribution in [2.45, 2.75) is 13.5 Å². The summed E-state index contributed by atoms with van der Waals surface area (Å²) in [4.78, 5) is 11.8. The van der Waals surface area contributed by atoms with Crippen LogP contribution in [0.25, 0.3) is 11.0 Å². The summed E-state index contributed by atoms with van der Waals surface area (Å²) >= 11 is 0. The van der Waals surface area contributed by atoms with Gasteiger partial charge in [-0.3, -0.25) is 4.98 Å². The van der Waals surface area contributed by atoms with Crippen LogP contribution in [0.1, 0.15) is 11.1 Å². The summed E-state index contributed by atoms with van der Waals surface area (Å²) in [6.45, 7) is 2.79. The van der Waals surface area contributed by atoms with Crippen LogP contribution in [0.2, 0.25) is 0 Å². The molecule has 0 unspecified atom stereocenters. The molecule has 0 fully saturated rings. The van der Waals surface area contributed by atoms with Crippen LogP contribution in [0.4, 0.5) is 5.95 Å². The van der Waals surface area contributed by atoms with Crippen molar-refractivity contribution >= 4 is 17.0 Å². The van der Waals surface area contributed by atoms with Gasteiger partial charge < -0.3 is 10.3 Å². The lowest BCUT2D eigenvalue weighted by atomic mass is 10.2. The minimum absolute atomic E-state index is 0.715. The molecule has 2 N–H and O–H groups in total. The van der Waals surface area contributed by atoms with Crippen LogP contribution < -0.4 is 5.32 Å². The number of rotatable bonds is 3. The fourth-order valence-electron chi connectivity index (χ4n) is 1.90. The number of hydrogen-bond acceptors (Lipinski definition) is 3. The molecule has 3 aromatic rings. The maximum Gasteiger partial charge on any atom is 0.201 e. The monoisotopic (exact) mass is 238 g/mol. The number of aryl methyl sites for hydroxylation is 1. The quantitative estimate of drug-likeness (QED) is 0.737. The average molecular weight is 238 g/mol. The molecule has 0 spiro atoms. The summed E-state index contributed by atoms with van der Waals surface area (Å²) < 4.78 is 0. The van der Waals surface area contributed by atoms with Crippen molar-refractivity contribution in [1.82, 2.24) is 15.0 Å². The standard InChI is InChI=1S/C14H14N4/c1-10-4-5-12-13(7-10)18-14(17-12)16-9-11-3-2-6-15-8-11/h2-8H,9H2,1H3,(H2,16,17,18). The summed E-state index contributed by atoms with van der Waals surface area (Å²) in [5, 5.41) is 3.26. The second-order valence-electron chi connectivity index (χ2n) is 4.32. The predicted octanol–water partition coefficient (Wildman–Crippen LogP) is 2.88. The van der Waals surface area contributed by atoms with Crippen molar-refractivity contribution in [3.63, 3.8) is 0 Å². The lowest BCUT2D eigenvalue weighted by molar-refractivity contribution is 1.08. The maximum atomic E-state index is 4.48. The third-order valence-corrected chi connectivity index (χ3v) is 2.82. The first-order valence-corrected chi connectivity index (χ1v) is 5.90. The number of nitrogens with zero attached hydrogens (tertiary/aromatic N) is 2. The number of nitrogens with one attached hydrogen (secondary N) is 2. The lowest BCUT2D eigenvalue weighted by Crippen LogP contribution is -2.00. The van der Waals surface area contributed by atoms with Gasteiger partial charge in [-0.05, 0) is 36.2 Å². The molecule has 0 bridgehead atoms. The number of hydrogen-bond donors (Lipinski definition) is 2. The first-order chi connectivity index (χ1) is 8.81. The zero-order valence-electron chi connectivity index (χ0n) is 10.1. The van der Waals surface area contributed by atoms with Gasteiger partial charge in [0.2, 0.25) is 5.95 Å². The third-order valence-electron chi connectivity index (χ3n) is 2.82. The number of imidazole rings is 1. The highest BCUT2D eigenvalue weighted by atomic mass is 15.1. The van der Waals surface area contributed by atoms with E-state index in [1.807, 2.05) is 24.4 Å². The normalized spacial score (nSPS) is 10.7. The number of fused-ring (bicyclic) bond motifs is 1. The average Bonchev–Trinajstić information content (AvgIpc) is 2.79. The van der Waals surface area contributed by atoms with Crippen LogP contribution >= 0.6 is 0 Å². The van der Waals surface area contributed by atoms with Crippen LogP contribution in [-0.2, 0) is 6.54 Å². The topological polar surface area (TPSA) is 53.6 Å². The molecule has 4 heteroatoms. The van der Waals surface area contributed by atoms with Gasteiger partial charge >= 0.3 is 0 Å². The maximum absolute atomic E-state index is 4.48. The molecule has 18 heavy (non-hydrogen) atoms. The smallest absolute Gasteiger partial charge is 0.201 e. The van der Waals surface area contributed by atoms with Gasteiger partial charge in [-0.25, -0.2) is 4.98 Å². The number of benzene rings is 1. The van der Waals surface area contributed by atoms with E-state index in [0.717, 1.165) is 22.5 Å². The number of H-pyrrole nitrogens is 1. The van der Waals surface area contributed by atoms with E-state index >= 15 is 0 Å². The van der Waals surface area contributed by atoms with Gasteiger partial charge in [-0.15, -0.1) is 0 Å². The molecule has 0 saturated heterocycles. The van der Waals surface area contributed by atoms with Crippen LogP contribution in [-0.4, -0.2) is 15.0 Å². The van der Waals surface area contributed by atoms with Gasteiger partial charge in [0.1, 0.15) is 0 Å². The fourth-order valence-corrected chi connectivity index (χ4v) is 1.90. The second-order valence-corrected chi connectivity index (χ2v) is 4.32. The first kappa shape index (κ1) is 10.8. The summed E-state index contributed by atoms with van der Waals surface area (Å²) in [5.41, 5.74) is 4.40. The molecule has 0 aliphatic heterocycles. The SMILES string of the molecule is Cc1ccc2nc(NCc3cccnc3)[nH]c2c1. The van der Waals surface area contributed by atoms with E-state index in [4.69, 9.17) is 0 Å². The molecule has 4 nitrogen and oxygen atoms in total. The van der Waals surface area contributed by atoms with Crippen molar-refractivity contribution in [3.8, 4) is 0 Å². The van der Waals surface area contributed by atoms with Crippen LogP contribution in [0.5, 0.6) is 0 Å². The molecular weight excluding hydrogens is 224 g/mol. The van der Waals surface area contributed by atoms with Crippen molar-refractivity contribution in [2.24, 2.45) is 0 Å². The summed E-state index contributed by atoms with van der Waals surface area (Å²) in [6.07, 6.45) is 3.62. The Kier molecular flexibility index (Phi) is 2.68. The van der Waals surface area contributed by atoms with Crippen LogP contribution in [0.3, 0.4) is 0 Å². The predicted molar refractivity (Wildman–Crippen MR) is 72.4 cm³/mol. The molecule has 2 aromatic heterocycles. The molecular formula is C14H14N4. The molecule has 0 radical (unpaired) electrons. The number of aromatic nitrogens is 3. The van der Waals surface area contributed by atoms with E-state index in [1.54, 1.807) is 6.20 Å². The summed E-state index contributed by atoms with van der Waals surface area (Å²) in [7, 11) is 0. The number of aromatic amines is 1. The Labute approximate surface area is 105 Å². The van der Waals surface area contributed by atoms with Crippen molar-refractivity contribution < 1.29 is 0 Å². The molecule has 3 rings (SSSR count). The number of pyridine rings is 1. The molecule has 0 aliphatic rings. The zero-order chi connectivity index (χ0) is 12.4. The third kappa shape index (κ3) is 2.18. The van der Waals surface area contributed by atoms with Gasteiger partial charge in [0.25, 0.3) is 0 Å². The Hall–Kier alpha value is -2.36. The van der Waals surface area contributed by atoms with Gasteiger partial charge in [0.05, 0.1) is 11.0 Å². The van der Waals surface area contributed by atoms with Crippen molar-refractivity contribution in [3.05, 3.63) is 53.9 Å². The highest BCUT2D eigenvalue weighted by Crippen LogP contribution is 2.16. The zero-order valence-corrected chi connectivity index (χ0v) is 10.1. The van der Waals surface area contributed by atoms with E-state index in [0.29, 0.717) is 6.54 Å². The molecule has 0 atom stereocenters. The molecule has 0 saturated carbocycles. The summed E-state index contributed by atoms with van der Waals surface area (Å²) in [6, 6.07) is 10.1. The highest BCUT2D eigenvalue weighted by molar-refractivity contribution is 5.78. The van der Waals surface area contributed by atoms with Gasteiger partial charge in [0.15, 0.2) is 0 Å². The fraction of sp³-hybridized carbons (Fsp3) is 0.143. The first-order valence-electron chi connectivity index (χ1n) is 5.90. The Bertz CT molecular complexity index is 658. The van der Waals surface area contributed by atoms with Crippen molar-refractivity contribution in [2.75, 3.05) is 5.32 Å². The van der Waals surface area contributed by atoms with Crippen LogP contribution in [0, 0.1) is 6.92 Å². The second kappa shape index (κ2) is 4.49. The Morgan fingerprint density at radius 3 is 3.06 bits per heavy atom. The van der Waals surface area contributed by atoms with Crippen LogP contribution in [0.15, 0.2) is 42.7 Å². The number of anilines is 1. The van der Waals surface area contributed by atoms with E-state index in [-0.39, 0.29) is 0 Å².